The van der Waals surface area contributed by atoms with Crippen LogP contribution in [0.15, 0.2) is 60.7 Å². The van der Waals surface area contributed by atoms with E-state index in [1.807, 2.05) is 102 Å². The lowest BCUT2D eigenvalue weighted by atomic mass is 10.1. The molecule has 0 saturated carbocycles. The number of nitrogens with zero attached hydrogens (tertiary/aromatic N) is 2. The Morgan fingerprint density at radius 2 is 1.16 bits per heavy atom. The number of amides is 3. The summed E-state index contributed by atoms with van der Waals surface area (Å²) in [5.41, 5.74) is 5.76. The lowest BCUT2D eigenvalue weighted by Crippen LogP contribution is -2.36. The molecule has 2 aromatic rings. The molecule has 49 heavy (non-hydrogen) atoms. The van der Waals surface area contributed by atoms with E-state index < -0.39 is 22.7 Å². The number of hydrogen-bond donors (Lipinski definition) is 2. The highest BCUT2D eigenvalue weighted by atomic mass is 35.5. The van der Waals surface area contributed by atoms with Crippen LogP contribution in [0, 0.1) is 11.8 Å². The van der Waals surface area contributed by atoms with Crippen molar-refractivity contribution in [1.29, 1.82) is 0 Å². The van der Waals surface area contributed by atoms with Gasteiger partial charge in [-0.3, -0.25) is 0 Å². The van der Waals surface area contributed by atoms with E-state index in [-0.39, 0.29) is 31.3 Å². The van der Waals surface area contributed by atoms with Crippen LogP contribution >= 0.6 is 11.6 Å². The number of nitrogens with two attached hydrogens (primary N) is 1. The minimum absolute atomic E-state index is 0.214. The van der Waals surface area contributed by atoms with Crippen molar-refractivity contribution >= 4 is 35.3 Å². The molecule has 0 aromatic heterocycles. The molecule has 2 aliphatic rings. The fourth-order valence-electron chi connectivity index (χ4n) is 4.73. The van der Waals surface area contributed by atoms with Gasteiger partial charge in [-0.15, -0.1) is 0 Å². The van der Waals surface area contributed by atoms with Gasteiger partial charge < -0.3 is 39.8 Å². The molecule has 3 N–H and O–H groups in total. The van der Waals surface area contributed by atoms with Crippen LogP contribution in [-0.4, -0.2) is 84.0 Å². The second-order valence-corrected chi connectivity index (χ2v) is 14.2. The van der Waals surface area contributed by atoms with Crippen molar-refractivity contribution in [3.63, 3.8) is 0 Å². The number of benzene rings is 2. The summed E-state index contributed by atoms with van der Waals surface area (Å²) in [4.78, 5) is 48.9. The zero-order valence-corrected chi connectivity index (χ0v) is 30.4. The van der Waals surface area contributed by atoms with Crippen LogP contribution in [0.1, 0.15) is 65.5 Å². The summed E-state index contributed by atoms with van der Waals surface area (Å²) < 4.78 is 20.3. The summed E-state index contributed by atoms with van der Waals surface area (Å²) in [7, 11) is 0. The van der Waals surface area contributed by atoms with Crippen LogP contribution < -0.4 is 11.1 Å². The Morgan fingerprint density at radius 3 is 1.57 bits per heavy atom. The highest BCUT2D eigenvalue weighted by Gasteiger charge is 2.30. The summed E-state index contributed by atoms with van der Waals surface area (Å²) in [5, 5.41) is 2.76. The first-order chi connectivity index (χ1) is 23.0. The molecule has 2 fully saturated rings. The van der Waals surface area contributed by atoms with Crippen LogP contribution in [0.5, 0.6) is 0 Å². The molecule has 2 aromatic carbocycles. The van der Waals surface area contributed by atoms with Gasteiger partial charge in [0.25, 0.3) is 0 Å². The molecule has 0 aliphatic carbocycles. The number of carbonyl (C=O) groups is 4. The molecule has 2 aliphatic heterocycles. The van der Waals surface area contributed by atoms with Crippen LogP contribution in [-0.2, 0) is 32.2 Å². The van der Waals surface area contributed by atoms with Gasteiger partial charge in [0.15, 0.2) is 0 Å². The van der Waals surface area contributed by atoms with Gasteiger partial charge in [-0.2, -0.15) is 0 Å². The lowest BCUT2D eigenvalue weighted by Gasteiger charge is -2.24. The number of ether oxygens (including phenoxy) is 4. The Bertz CT molecular complexity index is 1300. The van der Waals surface area contributed by atoms with Crippen molar-refractivity contribution in [3.8, 4) is 0 Å². The number of carbonyl (C=O) groups excluding carboxylic acids is 4. The number of rotatable bonds is 7. The van der Waals surface area contributed by atoms with E-state index >= 15 is 0 Å². The fraction of sp³-hybridized carbons (Fsp3) is 0.556. The number of halogens is 1. The average molecular weight is 705 g/mol. The van der Waals surface area contributed by atoms with Crippen LogP contribution in [0.4, 0.5) is 19.2 Å². The van der Waals surface area contributed by atoms with Crippen molar-refractivity contribution in [3.05, 3.63) is 71.8 Å². The first kappa shape index (κ1) is 41.1. The van der Waals surface area contributed by atoms with Gasteiger partial charge in [0.1, 0.15) is 24.4 Å². The monoisotopic (exact) mass is 704 g/mol. The molecular weight excluding hydrogens is 652 g/mol. The molecule has 2 unspecified atom stereocenters. The Balaban J connectivity index is 0.000000282. The molecule has 272 valence electrons. The first-order valence-electron chi connectivity index (χ1n) is 16.5. The number of hydrogen-bond acceptors (Lipinski definition) is 9. The van der Waals surface area contributed by atoms with Gasteiger partial charge in [0, 0.05) is 44.3 Å². The summed E-state index contributed by atoms with van der Waals surface area (Å²) in [6.07, 6.45) is 0.896. The van der Waals surface area contributed by atoms with Crippen LogP contribution in [0.2, 0.25) is 0 Å². The first-order valence-corrected chi connectivity index (χ1v) is 16.9. The van der Waals surface area contributed by atoms with E-state index in [2.05, 4.69) is 10.1 Å². The molecule has 2 heterocycles. The predicted molar refractivity (Wildman–Crippen MR) is 188 cm³/mol. The second-order valence-electron chi connectivity index (χ2n) is 13.9. The predicted octanol–water partition coefficient (Wildman–Crippen LogP) is 6.93. The Kier molecular flexibility index (Phi) is 17.2. The molecular formula is C36H53ClN4O8. The van der Waals surface area contributed by atoms with Crippen LogP contribution in [0.25, 0.3) is 0 Å². The number of nitrogens with one attached hydrogen (secondary N) is 1. The maximum atomic E-state index is 12.0. The largest absolute Gasteiger partial charge is 0.449 e. The maximum absolute atomic E-state index is 12.0. The van der Waals surface area contributed by atoms with Gasteiger partial charge in [0.05, 0.1) is 0 Å². The van der Waals surface area contributed by atoms with Gasteiger partial charge in [-0.1, -0.05) is 60.7 Å². The smallest absolute Gasteiger partial charge is 0.410 e. The van der Waals surface area contributed by atoms with Crippen molar-refractivity contribution in [1.82, 2.24) is 15.1 Å². The summed E-state index contributed by atoms with van der Waals surface area (Å²) in [6, 6.07) is 18.9. The topological polar surface area (TPSA) is 150 Å². The minimum atomic E-state index is -0.770. The van der Waals surface area contributed by atoms with E-state index in [1.54, 1.807) is 9.80 Å². The average Bonchev–Trinajstić information content (AvgIpc) is 3.73. The van der Waals surface area contributed by atoms with E-state index in [0.29, 0.717) is 32.1 Å². The molecule has 0 bridgehead atoms. The summed E-state index contributed by atoms with van der Waals surface area (Å²) in [6.45, 7) is 15.6. The normalized spacial score (nSPS) is 17.1. The van der Waals surface area contributed by atoms with Gasteiger partial charge in [-0.25, -0.2) is 19.2 Å². The molecule has 0 radical (unpaired) electrons. The van der Waals surface area contributed by atoms with Crippen molar-refractivity contribution in [2.24, 2.45) is 17.6 Å². The van der Waals surface area contributed by atoms with Crippen molar-refractivity contribution in [2.45, 2.75) is 78.8 Å². The summed E-state index contributed by atoms with van der Waals surface area (Å²) >= 11 is 4.97. The SMILES string of the molecule is CC(C)(C)OC(=O)N1CCC(CN)C1.CC(C)(C)OC(=O)N1CCC(CNC(=O)OCc2ccccc2)C1.O=C(Cl)OCc1ccccc1. The molecule has 12 nitrogen and oxygen atoms in total. The number of likely N-dealkylation sites (tertiary alicyclic amines) is 2. The van der Waals surface area contributed by atoms with E-state index in [0.717, 1.165) is 37.1 Å². The lowest BCUT2D eigenvalue weighted by molar-refractivity contribution is 0.0278. The Hall–Kier alpha value is -4.03. The highest BCUT2D eigenvalue weighted by Crippen LogP contribution is 2.20. The molecule has 0 spiro atoms. The third kappa shape index (κ3) is 18.3. The van der Waals surface area contributed by atoms with E-state index in [4.69, 9.17) is 31.5 Å². The Labute approximate surface area is 295 Å². The standard InChI is InChI=1S/C18H26N2O4.C10H20N2O2.C8H7ClO2/c1-18(2,3)24-17(22)20-10-9-15(12-20)11-19-16(21)23-13-14-7-5-4-6-8-14;1-10(2,3)14-9(13)12-5-4-8(6-11)7-12;9-8(10)11-6-7-4-2-1-3-5-7/h4-8,15H,9-13H2,1-3H3,(H,19,21);8H,4-7,11H2,1-3H3;1-5H,6H2. The maximum Gasteiger partial charge on any atom is 0.410 e. The minimum Gasteiger partial charge on any atom is -0.449 e. The van der Waals surface area contributed by atoms with Crippen LogP contribution in [0.3, 0.4) is 0 Å². The molecule has 13 heteroatoms. The third-order valence-electron chi connectivity index (χ3n) is 7.15. The fourth-order valence-corrected chi connectivity index (χ4v) is 4.78. The highest BCUT2D eigenvalue weighted by molar-refractivity contribution is 6.61. The van der Waals surface area contributed by atoms with E-state index in [9.17, 15) is 19.2 Å². The number of alkyl carbamates (subject to hydrolysis) is 1. The Morgan fingerprint density at radius 1 is 0.735 bits per heavy atom. The second kappa shape index (κ2) is 20.5. The van der Waals surface area contributed by atoms with Gasteiger partial charge >= 0.3 is 23.7 Å². The van der Waals surface area contributed by atoms with Crippen molar-refractivity contribution in [2.75, 3.05) is 39.3 Å². The van der Waals surface area contributed by atoms with E-state index in [1.165, 1.54) is 0 Å². The third-order valence-corrected chi connectivity index (χ3v) is 7.26. The molecule has 3 amide bonds. The quantitative estimate of drug-likeness (QED) is 0.231. The zero-order valence-electron chi connectivity index (χ0n) is 29.6. The molecule has 4 rings (SSSR count). The summed E-state index contributed by atoms with van der Waals surface area (Å²) in [5.74, 6) is 0.671. The zero-order chi connectivity index (χ0) is 36.5. The molecule has 2 atom stereocenters. The van der Waals surface area contributed by atoms with Gasteiger partial charge in [0.2, 0.25) is 0 Å². The van der Waals surface area contributed by atoms with Crippen molar-refractivity contribution < 1.29 is 38.1 Å². The molecule has 2 saturated heterocycles. The van der Waals surface area contributed by atoms with Gasteiger partial charge in [-0.05, 0) is 83.9 Å².